The molecule has 3 aliphatic rings. The average Bonchev–Trinajstić information content (AvgIpc) is 3.44. The summed E-state index contributed by atoms with van der Waals surface area (Å²) in [4.78, 5) is 79.1. The fourth-order valence-corrected chi connectivity index (χ4v) is 6.60. The Morgan fingerprint density at radius 2 is 2.00 bits per heavy atom. The predicted molar refractivity (Wildman–Crippen MR) is 165 cm³/mol. The fraction of sp³-hybridized carbons (Fsp3) is 0.500. The number of carbonyl (C=O) groups is 3. The predicted octanol–water partition coefficient (Wildman–Crippen LogP) is 2.73. The molecule has 0 saturated carbocycles. The lowest BCUT2D eigenvalue weighted by atomic mass is 9.85. The molecule has 5 rings (SSSR count). The summed E-state index contributed by atoms with van der Waals surface area (Å²) in [5.41, 5.74) is -2.99. The van der Waals surface area contributed by atoms with Crippen molar-refractivity contribution >= 4 is 31.7 Å². The third-order valence-electron chi connectivity index (χ3n) is 8.71. The van der Waals surface area contributed by atoms with E-state index < -0.39 is 91.9 Å². The van der Waals surface area contributed by atoms with Crippen molar-refractivity contribution in [3.05, 3.63) is 63.1 Å². The number of oxime groups is 1. The number of fused-ring (bicyclic) bond motifs is 5. The van der Waals surface area contributed by atoms with Crippen molar-refractivity contribution in [2.45, 2.75) is 69.9 Å². The molecule has 4 heterocycles. The highest BCUT2D eigenvalue weighted by Crippen LogP contribution is 2.46. The highest BCUT2D eigenvalue weighted by molar-refractivity contribution is 7.46. The Morgan fingerprint density at radius 1 is 1.24 bits per heavy atom. The first-order valence-corrected chi connectivity index (χ1v) is 17.0. The lowest BCUT2D eigenvalue weighted by Crippen LogP contribution is -2.52. The Bertz CT molecular complexity index is 1800. The van der Waals surface area contributed by atoms with Gasteiger partial charge >= 0.3 is 14.0 Å². The number of carbonyl (C=O) groups excluding carboxylic acids is 3. The van der Waals surface area contributed by atoms with Crippen LogP contribution in [0.25, 0.3) is 0 Å². The van der Waals surface area contributed by atoms with Crippen LogP contribution in [0.1, 0.15) is 72.0 Å². The maximum Gasteiger partial charge on any atom is 0.511 e. The lowest BCUT2D eigenvalue weighted by Gasteiger charge is -2.42. The molecule has 2 amide bonds. The van der Waals surface area contributed by atoms with Crippen LogP contribution >= 0.6 is 7.82 Å². The molecule has 272 valence electrons. The quantitative estimate of drug-likeness (QED) is 0.173. The summed E-state index contributed by atoms with van der Waals surface area (Å²) in [6.45, 7) is 1.45. The molecule has 1 aromatic heterocycles. The van der Waals surface area contributed by atoms with E-state index in [1.54, 1.807) is 0 Å². The number of phosphoric ester groups is 1. The average molecular weight is 729 g/mol. The van der Waals surface area contributed by atoms with Crippen molar-refractivity contribution < 1.29 is 65.8 Å². The van der Waals surface area contributed by atoms with Crippen LogP contribution in [0, 0.1) is 11.6 Å². The van der Waals surface area contributed by atoms with Crippen molar-refractivity contribution in [1.82, 2.24) is 14.8 Å². The molecule has 3 aliphatic heterocycles. The fourth-order valence-electron chi connectivity index (χ4n) is 6.00. The second kappa shape index (κ2) is 14.7. The van der Waals surface area contributed by atoms with Gasteiger partial charge in [-0.1, -0.05) is 18.1 Å². The van der Waals surface area contributed by atoms with Crippen LogP contribution in [0.4, 0.5) is 13.6 Å². The number of pyridine rings is 1. The first kappa shape index (κ1) is 36.7. The molecule has 3 N–H and O–H groups in total. The van der Waals surface area contributed by atoms with E-state index in [9.17, 15) is 32.5 Å². The van der Waals surface area contributed by atoms with E-state index in [1.165, 1.54) is 29.7 Å². The van der Waals surface area contributed by atoms with Crippen LogP contribution < -0.4 is 15.5 Å². The standard InChI is InChI=1S/C30H35F2N4O13P/c1-4-19(48-50(41,42)43)14-45-29(40)47-15-46-26-24-28(39)35-13-22(30(8-7-16(35)2)10-23(44-3)34-49-30)36(24)12-20(25(26)37)27(38)33-11-17-5-6-18(31)9-21(17)32/h5-6,9,12,16,19,22H,4,7-8,10-11,13-15H2,1-3H3,(H,33,38)(H2,41,42,43)/t16-,19-,22+,30-/m0/s1. The van der Waals surface area contributed by atoms with E-state index in [1.807, 2.05) is 6.92 Å². The van der Waals surface area contributed by atoms with Gasteiger partial charge in [0.05, 0.1) is 19.6 Å². The Balaban J connectivity index is 1.47. The molecule has 1 fully saturated rings. The van der Waals surface area contributed by atoms with E-state index in [0.717, 1.165) is 12.1 Å². The maximum absolute atomic E-state index is 14.3. The van der Waals surface area contributed by atoms with Gasteiger partial charge in [0, 0.05) is 37.0 Å². The minimum atomic E-state index is -4.87. The first-order valence-electron chi connectivity index (χ1n) is 15.4. The number of benzene rings is 1. The zero-order valence-electron chi connectivity index (χ0n) is 27.1. The minimum absolute atomic E-state index is 0.0659. The smallest absolute Gasteiger partial charge is 0.482 e. The molecule has 1 aromatic carbocycles. The summed E-state index contributed by atoms with van der Waals surface area (Å²) in [6, 6.07) is 1.72. The summed E-state index contributed by atoms with van der Waals surface area (Å²) in [7, 11) is -3.44. The molecule has 0 radical (unpaired) electrons. The zero-order valence-corrected chi connectivity index (χ0v) is 28.0. The molecule has 20 heteroatoms. The van der Waals surface area contributed by atoms with Crippen molar-refractivity contribution in [3.63, 3.8) is 0 Å². The normalized spacial score (nSPS) is 21.8. The Labute approximate surface area is 283 Å². The van der Waals surface area contributed by atoms with Gasteiger partial charge < -0.3 is 48.4 Å². The largest absolute Gasteiger partial charge is 0.511 e. The number of hydrogen-bond donors (Lipinski definition) is 3. The van der Waals surface area contributed by atoms with Gasteiger partial charge in [-0.25, -0.2) is 18.1 Å². The topological polar surface area (TPSA) is 214 Å². The van der Waals surface area contributed by atoms with Gasteiger partial charge in [-0.2, -0.15) is 0 Å². The van der Waals surface area contributed by atoms with Gasteiger partial charge in [-0.05, 0) is 32.3 Å². The number of halogens is 2. The first-order chi connectivity index (χ1) is 23.7. The van der Waals surface area contributed by atoms with Crippen molar-refractivity contribution in [1.29, 1.82) is 0 Å². The molecule has 0 aliphatic carbocycles. The second-order valence-corrected chi connectivity index (χ2v) is 13.0. The van der Waals surface area contributed by atoms with Crippen LogP contribution in [0.5, 0.6) is 5.75 Å². The van der Waals surface area contributed by atoms with E-state index in [2.05, 4.69) is 15.0 Å². The highest BCUT2D eigenvalue weighted by atomic mass is 31.2. The number of hydrogen-bond acceptors (Lipinski definition) is 12. The SMILES string of the molecule is CC[C@@H](COC(=O)OCOc1c2n(cc(C(=O)NCc3ccc(F)cc3F)c1=O)[C@@H]1CN(C2=O)[C@@H](C)CC[C@]12CC(OC)=NO2)OP(=O)(O)O. The van der Waals surface area contributed by atoms with Crippen LogP contribution in [0.15, 0.2) is 34.3 Å². The summed E-state index contributed by atoms with van der Waals surface area (Å²) < 4.78 is 65.4. The maximum atomic E-state index is 14.3. The number of nitrogens with zero attached hydrogens (tertiary/aromatic N) is 3. The molecular formula is C30H35F2N4O13P. The summed E-state index contributed by atoms with van der Waals surface area (Å²) in [5.74, 6) is -3.70. The van der Waals surface area contributed by atoms with Gasteiger partial charge in [-0.3, -0.25) is 18.9 Å². The molecule has 50 heavy (non-hydrogen) atoms. The van der Waals surface area contributed by atoms with Gasteiger partial charge in [-0.15, -0.1) is 0 Å². The number of phosphoric acid groups is 1. The van der Waals surface area contributed by atoms with Crippen molar-refractivity contribution in [2.24, 2.45) is 5.16 Å². The lowest BCUT2D eigenvalue weighted by molar-refractivity contribution is -0.0658. The van der Waals surface area contributed by atoms with Crippen LogP contribution in [-0.4, -0.2) is 87.9 Å². The van der Waals surface area contributed by atoms with E-state index in [-0.39, 0.29) is 36.7 Å². The number of amides is 2. The molecule has 0 unspecified atom stereocenters. The van der Waals surface area contributed by atoms with Gasteiger partial charge in [0.1, 0.15) is 29.9 Å². The highest BCUT2D eigenvalue weighted by Gasteiger charge is 2.55. The minimum Gasteiger partial charge on any atom is -0.482 e. The summed E-state index contributed by atoms with van der Waals surface area (Å²) >= 11 is 0. The van der Waals surface area contributed by atoms with Gasteiger partial charge in [0.15, 0.2) is 11.3 Å². The van der Waals surface area contributed by atoms with Crippen LogP contribution in [0.3, 0.4) is 0 Å². The summed E-state index contributed by atoms with van der Waals surface area (Å²) in [5, 5.41) is 6.48. The molecule has 1 saturated heterocycles. The molecule has 1 spiro atoms. The number of rotatable bonds is 11. The molecule has 17 nitrogen and oxygen atoms in total. The van der Waals surface area contributed by atoms with E-state index in [4.69, 9.17) is 33.6 Å². The zero-order chi connectivity index (χ0) is 36.4. The summed E-state index contributed by atoms with van der Waals surface area (Å²) in [6.07, 6.45) is -0.180. The monoisotopic (exact) mass is 728 g/mol. The number of methoxy groups -OCH3 is 1. The molecular weight excluding hydrogens is 693 g/mol. The third-order valence-corrected chi connectivity index (χ3v) is 9.28. The molecule has 4 atom stereocenters. The number of ether oxygens (including phenoxy) is 4. The van der Waals surface area contributed by atoms with Crippen molar-refractivity contribution in [3.8, 4) is 5.75 Å². The Kier molecular flexibility index (Phi) is 10.8. The van der Waals surface area contributed by atoms with Gasteiger partial charge in [0.25, 0.3) is 11.8 Å². The van der Waals surface area contributed by atoms with E-state index in [0.29, 0.717) is 24.8 Å². The second-order valence-electron chi connectivity index (χ2n) is 11.9. The van der Waals surface area contributed by atoms with Crippen LogP contribution in [-0.2, 0) is 34.7 Å². The van der Waals surface area contributed by atoms with Crippen molar-refractivity contribution in [2.75, 3.05) is 27.1 Å². The Hall–Kier alpha value is -4.58. The Morgan fingerprint density at radius 3 is 2.66 bits per heavy atom. The number of nitrogens with one attached hydrogen (secondary N) is 1. The van der Waals surface area contributed by atoms with Gasteiger partial charge in [0.2, 0.25) is 23.9 Å². The number of aromatic nitrogens is 1. The third kappa shape index (κ3) is 7.75. The molecule has 2 aromatic rings. The molecule has 2 bridgehead atoms. The van der Waals surface area contributed by atoms with E-state index >= 15 is 0 Å². The van der Waals surface area contributed by atoms with Crippen LogP contribution in [0.2, 0.25) is 0 Å².